The number of fused-ring (bicyclic) bond motifs is 30. The van der Waals surface area contributed by atoms with Crippen LogP contribution in [0.25, 0.3) is 283 Å². The summed E-state index contributed by atoms with van der Waals surface area (Å²) in [6.07, 6.45) is 10.5. The number of pyridine rings is 2. The zero-order valence-electron chi connectivity index (χ0n) is 78.4. The fourth-order valence-corrected chi connectivity index (χ4v) is 21.2. The summed E-state index contributed by atoms with van der Waals surface area (Å²) in [5, 5.41) is 16.8. The molecule has 0 saturated heterocycles. The number of para-hydroxylation sites is 15. The van der Waals surface area contributed by atoms with Gasteiger partial charge >= 0.3 is 0 Å². The van der Waals surface area contributed by atoms with Gasteiger partial charge in [0.1, 0.15) is 78.9 Å². The lowest BCUT2D eigenvalue weighted by molar-refractivity contribution is 0.662. The van der Waals surface area contributed by atoms with Gasteiger partial charge in [-0.2, -0.15) is 0 Å². The van der Waals surface area contributed by atoms with E-state index in [1.165, 1.54) is 53.9 Å². The quantitative estimate of drug-likeness (QED) is 0.137. The van der Waals surface area contributed by atoms with Crippen molar-refractivity contribution < 1.29 is 22.1 Å². The molecule has 0 saturated carbocycles. The zero-order valence-corrected chi connectivity index (χ0v) is 78.4. The van der Waals surface area contributed by atoms with Crippen LogP contribution in [0.15, 0.2) is 478 Å². The van der Waals surface area contributed by atoms with Crippen molar-refractivity contribution in [1.82, 2.24) is 82.6 Å². The molecule has 22 nitrogen and oxygen atoms in total. The summed E-state index contributed by atoms with van der Waals surface area (Å²) < 4.78 is 41.4. The van der Waals surface area contributed by atoms with Crippen LogP contribution >= 0.6 is 0 Å². The van der Waals surface area contributed by atoms with Crippen LogP contribution in [0.3, 0.4) is 0 Å². The third kappa shape index (κ3) is 13.7. The van der Waals surface area contributed by atoms with E-state index in [4.69, 9.17) is 57.0 Å². The largest absolute Gasteiger partial charge is 0.453 e. The lowest BCUT2D eigenvalue weighted by Crippen LogP contribution is -2.02. The first-order chi connectivity index (χ1) is 73.5. The molecule has 33 rings (SSSR count). The fraction of sp³-hybridized carbons (Fsp3) is 0. The van der Waals surface area contributed by atoms with Crippen molar-refractivity contribution in [2.75, 3.05) is 0 Å². The van der Waals surface area contributed by atoms with E-state index in [0.29, 0.717) is 51.7 Å². The lowest BCUT2D eigenvalue weighted by Gasteiger charge is -2.09. The van der Waals surface area contributed by atoms with Gasteiger partial charge in [0.15, 0.2) is 33.7 Å². The van der Waals surface area contributed by atoms with Crippen LogP contribution < -0.4 is 0 Å². The molecule has 16 aromatic carbocycles. The third-order valence-electron chi connectivity index (χ3n) is 27.7. The number of hydrogen-bond acceptors (Lipinski definition) is 17. The number of benzene rings is 16. The highest BCUT2D eigenvalue weighted by Gasteiger charge is 2.28. The van der Waals surface area contributed by atoms with Crippen LogP contribution in [0.5, 0.6) is 0 Å². The van der Waals surface area contributed by atoms with Gasteiger partial charge in [-0.05, 0) is 146 Å². The number of hydrogen-bond donors (Lipinski definition) is 0. The molecule has 22 heteroatoms. The molecule has 0 spiro atoms. The standard InChI is InChI=1S/C28H17N3O.2C27H16N4O.2C22H13N3O/c1-2-10-18(11-3-1)25-27-26(21-14-6-9-17-24(21)32-27)30-28(29-25)31-22-15-7-4-12-19(22)20-13-5-8-16-23(20)31;2*1-4-10-21-18(7-1)19-8-2-5-11-22(19)31(21)27-29-24(17-13-15-28-16-14-17)26-25(30-27)20-9-3-6-12-23(20)32-26;1-4-10-17-14(7-1)15-8-2-5-11-18(15)25(17)22-21-20(23-13-24-22)16-9-3-6-12-19(16)26-21;1-4-10-17-14(7-1)15-8-2-5-11-18(15)25(17)22-23-13-20-21(24-22)16-9-3-6-12-19(16)26-20/h1-17H;2*1-16H;2*1-13H. The van der Waals surface area contributed by atoms with Gasteiger partial charge in [0.05, 0.1) is 61.4 Å². The van der Waals surface area contributed by atoms with E-state index in [9.17, 15) is 0 Å². The molecule has 17 heterocycles. The summed E-state index contributed by atoms with van der Waals surface area (Å²) >= 11 is 0. The van der Waals surface area contributed by atoms with Crippen molar-refractivity contribution in [3.8, 4) is 63.4 Å². The second-order valence-corrected chi connectivity index (χ2v) is 36.1. The summed E-state index contributed by atoms with van der Waals surface area (Å²) in [5.74, 6) is 3.30. The molecule has 0 aliphatic rings. The molecule has 0 unspecified atom stereocenters. The minimum Gasteiger partial charge on any atom is -0.453 e. The first-order valence-corrected chi connectivity index (χ1v) is 48.6. The van der Waals surface area contributed by atoms with Gasteiger partial charge in [-0.25, -0.2) is 49.8 Å². The van der Waals surface area contributed by atoms with Crippen molar-refractivity contribution in [3.63, 3.8) is 0 Å². The molecule has 17 aromatic heterocycles. The van der Waals surface area contributed by atoms with Crippen LogP contribution in [0.4, 0.5) is 0 Å². The molecule has 33 aromatic rings. The molecule has 0 bridgehead atoms. The lowest BCUT2D eigenvalue weighted by atomic mass is 10.1. The Balaban J connectivity index is 0.0000000875. The monoisotopic (exact) mass is 1910 g/mol. The van der Waals surface area contributed by atoms with Crippen molar-refractivity contribution in [2.24, 2.45) is 0 Å². The van der Waals surface area contributed by atoms with Crippen molar-refractivity contribution in [3.05, 3.63) is 456 Å². The van der Waals surface area contributed by atoms with E-state index >= 15 is 0 Å². The Morgan fingerprint density at radius 1 is 0.162 bits per heavy atom. The normalized spacial score (nSPS) is 11.8. The van der Waals surface area contributed by atoms with E-state index in [-0.39, 0.29) is 0 Å². The van der Waals surface area contributed by atoms with Gasteiger partial charge in [0.25, 0.3) is 0 Å². The van der Waals surface area contributed by atoms with Crippen molar-refractivity contribution >= 4 is 219 Å². The second kappa shape index (κ2) is 34.6. The Bertz CT molecular complexity index is 10200. The average molecular weight is 1910 g/mol. The smallest absolute Gasteiger partial charge is 0.236 e. The number of nitrogens with zero attached hydrogens (tertiary/aromatic N) is 17. The Hall–Kier alpha value is -20.8. The van der Waals surface area contributed by atoms with Crippen molar-refractivity contribution in [1.29, 1.82) is 0 Å². The van der Waals surface area contributed by atoms with E-state index in [1.807, 2.05) is 194 Å². The molecule has 0 fully saturated rings. The topological polar surface area (TPSA) is 245 Å². The fourth-order valence-electron chi connectivity index (χ4n) is 21.2. The van der Waals surface area contributed by atoms with Crippen LogP contribution in [0.2, 0.25) is 0 Å². The highest BCUT2D eigenvalue weighted by molar-refractivity contribution is 6.17. The van der Waals surface area contributed by atoms with Gasteiger partial charge < -0.3 is 22.1 Å². The molecule has 0 atom stereocenters. The second-order valence-electron chi connectivity index (χ2n) is 36.1. The zero-order chi connectivity index (χ0) is 97.4. The molecule has 0 amide bonds. The predicted molar refractivity (Wildman–Crippen MR) is 590 cm³/mol. The van der Waals surface area contributed by atoms with Crippen LogP contribution in [0.1, 0.15) is 0 Å². The highest BCUT2D eigenvalue weighted by Crippen LogP contribution is 2.45. The number of aromatic nitrogens is 17. The maximum absolute atomic E-state index is 6.25. The minimum absolute atomic E-state index is 0.619. The molecular weight excluding hydrogens is 1830 g/mol. The SMILES string of the molecule is c1ccc(-c2nc(-n3c4ccccc4c4ccccc43)nc3c2oc2ccccc23)cc1.c1ccc2c(c1)oc1c(-c3ccncc3)nc(-n3c4ccccc4c4ccccc43)nc12.c1ccc2c(c1)oc1c(-c3ccncc3)nc(-n3c4ccccc4c4ccccc43)nc12.c1ccc2c(c1)oc1c(-n3c4ccccc4c4ccccc43)ncnc12.c1ccc2c(c1)oc1cnc(-n3c4ccccc4c4ccccc43)nc12. The van der Waals surface area contributed by atoms with E-state index in [2.05, 4.69) is 272 Å². The van der Waals surface area contributed by atoms with E-state index in [1.54, 1.807) is 37.3 Å². The molecule has 694 valence electrons. The molecule has 0 aliphatic heterocycles. The predicted octanol–water partition coefficient (Wildman–Crippen LogP) is 31.2. The van der Waals surface area contributed by atoms with Gasteiger partial charge in [-0.15, -0.1) is 0 Å². The van der Waals surface area contributed by atoms with Crippen LogP contribution in [-0.4, -0.2) is 82.6 Å². The average Bonchev–Trinajstić information content (AvgIpc) is 1.58. The van der Waals surface area contributed by atoms with Crippen LogP contribution in [0, 0.1) is 0 Å². The first-order valence-electron chi connectivity index (χ1n) is 48.6. The first kappa shape index (κ1) is 84.1. The van der Waals surface area contributed by atoms with E-state index in [0.717, 1.165) is 177 Å². The van der Waals surface area contributed by atoms with Gasteiger partial charge in [0.2, 0.25) is 23.8 Å². The minimum atomic E-state index is 0.619. The van der Waals surface area contributed by atoms with Gasteiger partial charge in [-0.1, -0.05) is 273 Å². The summed E-state index contributed by atoms with van der Waals surface area (Å²) in [6.45, 7) is 0. The summed E-state index contributed by atoms with van der Waals surface area (Å²) in [6, 6.07) is 142. The Morgan fingerprint density at radius 3 is 0.716 bits per heavy atom. The molecule has 0 aliphatic carbocycles. The Labute approximate surface area is 837 Å². The third-order valence-corrected chi connectivity index (χ3v) is 27.7. The van der Waals surface area contributed by atoms with Crippen molar-refractivity contribution in [2.45, 2.75) is 0 Å². The highest BCUT2D eigenvalue weighted by atomic mass is 16.3. The molecule has 0 N–H and O–H groups in total. The van der Waals surface area contributed by atoms with E-state index < -0.39 is 0 Å². The summed E-state index contributed by atoms with van der Waals surface area (Å²) in [7, 11) is 0. The van der Waals surface area contributed by atoms with Gasteiger partial charge in [-0.3, -0.25) is 32.8 Å². The summed E-state index contributed by atoms with van der Waals surface area (Å²) in [4.78, 5) is 57.2. The van der Waals surface area contributed by atoms with Gasteiger partial charge in [0, 0.05) is 122 Å². The molecule has 0 radical (unpaired) electrons. The maximum atomic E-state index is 6.25. The number of rotatable bonds is 8. The van der Waals surface area contributed by atoms with Crippen LogP contribution in [-0.2, 0) is 0 Å². The molecule has 148 heavy (non-hydrogen) atoms. The molecular formula is C126H75N17O5. The number of furan rings is 5. The summed E-state index contributed by atoms with van der Waals surface area (Å²) in [5.41, 5.74) is 27.7. The Morgan fingerprint density at radius 2 is 0.399 bits per heavy atom. The Kier molecular flexibility index (Phi) is 19.7. The maximum Gasteiger partial charge on any atom is 0.236 e.